The van der Waals surface area contributed by atoms with Crippen LogP contribution in [0, 0.1) is 5.92 Å². The van der Waals surface area contributed by atoms with Gasteiger partial charge in [-0.15, -0.1) is 12.4 Å². The van der Waals surface area contributed by atoms with E-state index in [4.69, 9.17) is 16.6 Å². The van der Waals surface area contributed by atoms with Crippen LogP contribution in [0.4, 0.5) is 0 Å². The molecule has 0 aromatic heterocycles. The second kappa shape index (κ2) is 9.06. The zero-order chi connectivity index (χ0) is 19.1. The van der Waals surface area contributed by atoms with Gasteiger partial charge in [0.25, 0.3) is 0 Å². The minimum absolute atomic E-state index is 0. The van der Waals surface area contributed by atoms with Gasteiger partial charge in [0.2, 0.25) is 0 Å². The summed E-state index contributed by atoms with van der Waals surface area (Å²) in [5.74, 6) is 0.203. The van der Waals surface area contributed by atoms with E-state index in [0.29, 0.717) is 22.3 Å². The second-order valence-corrected chi connectivity index (χ2v) is 9.65. The Kier molecular flexibility index (Phi) is 7.40. The predicted octanol–water partition coefficient (Wildman–Crippen LogP) is 2.29. The van der Waals surface area contributed by atoms with Crippen LogP contribution < -0.4 is 5.32 Å². The summed E-state index contributed by atoms with van der Waals surface area (Å²) in [6.45, 7) is 3.99. The monoisotopic (exact) mass is 458 g/mol. The molecule has 3 aliphatic heterocycles. The maximum atomic E-state index is 12.6. The summed E-state index contributed by atoms with van der Waals surface area (Å²) < 4.78 is 25.3. The van der Waals surface area contributed by atoms with Crippen LogP contribution in [0.5, 0.6) is 0 Å². The Hall–Kier alpha value is -1.58. The van der Waals surface area contributed by atoms with Gasteiger partial charge >= 0.3 is 0 Å². The zero-order valence-corrected chi connectivity index (χ0v) is 18.3. The standard InChI is InChI=1S/C19H21ClN4O2S.ClH.H2O/c1-19(13-6-8-21-9-7-13)22-11-18-17(24-19)10-15(23-18)12-27(25,26)16-4-2-14(20)3-5-16;;/h2-5,10-11,13,21H,6-9,12H2,1H3;1H;1H2. The number of allylic oxidation sites excluding steroid dienone is 1. The summed E-state index contributed by atoms with van der Waals surface area (Å²) in [4.78, 5) is 14.2. The van der Waals surface area contributed by atoms with Crippen molar-refractivity contribution in [3.05, 3.63) is 41.1 Å². The highest BCUT2D eigenvalue weighted by molar-refractivity contribution is 7.91. The van der Waals surface area contributed by atoms with E-state index in [9.17, 15) is 8.42 Å². The van der Waals surface area contributed by atoms with Gasteiger partial charge in [-0.3, -0.25) is 9.98 Å². The minimum Gasteiger partial charge on any atom is -0.412 e. The third-order valence-corrected chi connectivity index (χ3v) is 7.17. The van der Waals surface area contributed by atoms with Crippen molar-refractivity contribution in [3.8, 4) is 0 Å². The van der Waals surface area contributed by atoms with Crippen molar-refractivity contribution in [2.24, 2.45) is 20.9 Å². The maximum Gasteiger partial charge on any atom is 0.184 e. The highest BCUT2D eigenvalue weighted by atomic mass is 35.5. The molecule has 10 heteroatoms. The number of rotatable bonds is 4. The molecule has 1 unspecified atom stereocenters. The van der Waals surface area contributed by atoms with Crippen LogP contribution >= 0.6 is 24.0 Å². The number of aliphatic imine (C=N–C) groups is 3. The van der Waals surface area contributed by atoms with Crippen LogP contribution in [0.2, 0.25) is 5.02 Å². The summed E-state index contributed by atoms with van der Waals surface area (Å²) in [7, 11) is -3.49. The summed E-state index contributed by atoms with van der Waals surface area (Å²) in [5, 5.41) is 3.86. The van der Waals surface area contributed by atoms with Crippen molar-refractivity contribution in [1.82, 2.24) is 5.32 Å². The number of halogens is 2. The van der Waals surface area contributed by atoms with E-state index in [1.165, 1.54) is 12.1 Å². The molecule has 3 N–H and O–H groups in total. The Morgan fingerprint density at radius 2 is 1.83 bits per heavy atom. The molecule has 29 heavy (non-hydrogen) atoms. The number of benzene rings is 1. The van der Waals surface area contributed by atoms with Crippen LogP contribution in [-0.2, 0) is 9.84 Å². The van der Waals surface area contributed by atoms with Gasteiger partial charge in [-0.05, 0) is 63.2 Å². The number of nitrogens with one attached hydrogen (secondary N) is 1. The van der Waals surface area contributed by atoms with Gasteiger partial charge < -0.3 is 10.8 Å². The van der Waals surface area contributed by atoms with Crippen LogP contribution in [-0.4, -0.2) is 56.0 Å². The van der Waals surface area contributed by atoms with Gasteiger partial charge in [0.1, 0.15) is 5.71 Å². The number of nitrogens with zero attached hydrogens (tertiary/aromatic N) is 3. The molecule has 0 spiro atoms. The van der Waals surface area contributed by atoms with Crippen molar-refractivity contribution < 1.29 is 13.9 Å². The molecule has 1 aromatic carbocycles. The molecule has 1 fully saturated rings. The lowest BCUT2D eigenvalue weighted by molar-refractivity contribution is 0.244. The Bertz CT molecular complexity index is 981. The molecule has 4 rings (SSSR count). The van der Waals surface area contributed by atoms with E-state index in [-0.39, 0.29) is 28.5 Å². The van der Waals surface area contributed by atoms with E-state index in [2.05, 4.69) is 15.3 Å². The van der Waals surface area contributed by atoms with Gasteiger partial charge in [0.05, 0.1) is 28.3 Å². The molecule has 7 nitrogen and oxygen atoms in total. The summed E-state index contributed by atoms with van der Waals surface area (Å²) >= 11 is 5.84. The third-order valence-electron chi connectivity index (χ3n) is 5.25. The second-order valence-electron chi connectivity index (χ2n) is 7.22. The summed E-state index contributed by atoms with van der Waals surface area (Å²) in [6.07, 6.45) is 5.56. The van der Waals surface area contributed by atoms with Crippen molar-refractivity contribution >= 4 is 51.5 Å². The Balaban J connectivity index is 0.00000150. The Morgan fingerprint density at radius 1 is 1.17 bits per heavy atom. The fraction of sp³-hybridized carbons (Fsp3) is 0.421. The molecule has 0 bridgehead atoms. The van der Waals surface area contributed by atoms with E-state index in [0.717, 1.165) is 31.6 Å². The molecule has 0 radical (unpaired) electrons. The number of hydrogen-bond donors (Lipinski definition) is 1. The van der Waals surface area contributed by atoms with Crippen LogP contribution in [0.3, 0.4) is 0 Å². The smallest absolute Gasteiger partial charge is 0.184 e. The summed E-state index contributed by atoms with van der Waals surface area (Å²) in [5.41, 5.74) is 1.35. The van der Waals surface area contributed by atoms with Crippen LogP contribution in [0.25, 0.3) is 0 Å². The average molecular weight is 459 g/mol. The van der Waals surface area contributed by atoms with Gasteiger partial charge in [0.15, 0.2) is 15.5 Å². The average Bonchev–Trinajstić information content (AvgIpc) is 3.03. The topological polar surface area (TPSA) is 115 Å². The van der Waals surface area contributed by atoms with Crippen molar-refractivity contribution in [3.63, 3.8) is 0 Å². The van der Waals surface area contributed by atoms with Gasteiger partial charge in [-0.1, -0.05) is 11.6 Å². The fourth-order valence-corrected chi connectivity index (χ4v) is 5.07. The largest absolute Gasteiger partial charge is 0.412 e. The molecular formula is C19H24Cl2N4O3S. The van der Waals surface area contributed by atoms with Gasteiger partial charge in [-0.2, -0.15) is 0 Å². The SMILES string of the molecule is CC1(C2CCNCC2)N=CC2=NC(CS(=O)(=O)c3ccc(Cl)cc3)=CC2=N1.Cl.O. The number of piperidine rings is 1. The first-order valence-electron chi connectivity index (χ1n) is 8.99. The lowest BCUT2D eigenvalue weighted by Crippen LogP contribution is -2.42. The molecule has 0 saturated carbocycles. The first kappa shape index (κ1) is 23.7. The number of sulfone groups is 1. The van der Waals surface area contributed by atoms with Crippen LogP contribution in [0.1, 0.15) is 19.8 Å². The highest BCUT2D eigenvalue weighted by Gasteiger charge is 2.37. The van der Waals surface area contributed by atoms with Crippen LogP contribution in [0.15, 0.2) is 55.9 Å². The first-order valence-corrected chi connectivity index (χ1v) is 11.0. The zero-order valence-electron chi connectivity index (χ0n) is 15.9. The highest BCUT2D eigenvalue weighted by Crippen LogP contribution is 2.33. The molecule has 1 atom stereocenters. The molecule has 1 saturated heterocycles. The van der Waals surface area contributed by atoms with Gasteiger partial charge in [-0.25, -0.2) is 13.4 Å². The molecule has 1 aromatic rings. The van der Waals surface area contributed by atoms with Crippen molar-refractivity contribution in [2.75, 3.05) is 18.8 Å². The van der Waals surface area contributed by atoms with E-state index < -0.39 is 15.5 Å². The van der Waals surface area contributed by atoms with E-state index in [1.807, 2.05) is 6.92 Å². The lowest BCUT2D eigenvalue weighted by Gasteiger charge is -2.35. The maximum absolute atomic E-state index is 12.6. The summed E-state index contributed by atoms with van der Waals surface area (Å²) in [6, 6.07) is 6.18. The Morgan fingerprint density at radius 3 is 2.48 bits per heavy atom. The fourth-order valence-electron chi connectivity index (χ4n) is 3.68. The third kappa shape index (κ3) is 4.95. The van der Waals surface area contributed by atoms with Crippen molar-refractivity contribution in [1.29, 1.82) is 0 Å². The first-order chi connectivity index (χ1) is 12.9. The molecule has 158 valence electrons. The quantitative estimate of drug-likeness (QED) is 0.745. The molecular weight excluding hydrogens is 435 g/mol. The molecule has 3 aliphatic rings. The van der Waals surface area contributed by atoms with Crippen molar-refractivity contribution in [2.45, 2.75) is 30.3 Å². The number of hydrogen-bond acceptors (Lipinski definition) is 6. The normalized spacial score (nSPS) is 23.9. The molecule has 3 heterocycles. The molecule has 0 amide bonds. The van der Waals surface area contributed by atoms with E-state index >= 15 is 0 Å². The Labute approximate surface area is 181 Å². The van der Waals surface area contributed by atoms with E-state index in [1.54, 1.807) is 24.4 Å². The predicted molar refractivity (Wildman–Crippen MR) is 120 cm³/mol. The number of fused-ring (bicyclic) bond motifs is 1. The lowest BCUT2D eigenvalue weighted by atomic mass is 9.85. The molecule has 0 aliphatic carbocycles. The minimum atomic E-state index is -3.49. The van der Waals surface area contributed by atoms with Gasteiger partial charge in [0, 0.05) is 10.9 Å².